The van der Waals surface area contributed by atoms with E-state index in [1.807, 2.05) is 0 Å². The minimum absolute atomic E-state index is 0.617. The molecule has 0 aliphatic heterocycles. The second-order valence-corrected chi connectivity index (χ2v) is 8.59. The van der Waals surface area contributed by atoms with E-state index in [1.54, 1.807) is 0 Å². The summed E-state index contributed by atoms with van der Waals surface area (Å²) >= 11 is 0. The Hall–Kier alpha value is 0. The Labute approximate surface area is 149 Å². The smallest absolute Gasteiger partial charge is 0.0323 e. The van der Waals surface area contributed by atoms with Crippen molar-refractivity contribution in [3.05, 3.63) is 0 Å². The van der Waals surface area contributed by atoms with E-state index in [1.165, 1.54) is 103 Å². The van der Waals surface area contributed by atoms with Crippen LogP contribution in [0.5, 0.6) is 0 Å². The maximum Gasteiger partial charge on any atom is -0.0323 e. The van der Waals surface area contributed by atoms with Gasteiger partial charge in [0.15, 0.2) is 0 Å². The molecule has 0 radical (unpaired) electrons. The van der Waals surface area contributed by atoms with Gasteiger partial charge < -0.3 is 0 Å². The molecule has 0 heteroatoms. The van der Waals surface area contributed by atoms with Gasteiger partial charge in [0.1, 0.15) is 0 Å². The van der Waals surface area contributed by atoms with Crippen molar-refractivity contribution in [1.82, 2.24) is 0 Å². The normalized spacial score (nSPS) is 13.4. The van der Waals surface area contributed by atoms with Gasteiger partial charge in [-0.1, -0.05) is 118 Å². The molecule has 23 heavy (non-hydrogen) atoms. The summed E-state index contributed by atoms with van der Waals surface area (Å²) in [5.74, 6) is 0.925. The van der Waals surface area contributed by atoms with Gasteiger partial charge in [-0.05, 0) is 30.6 Å². The lowest BCUT2D eigenvalue weighted by molar-refractivity contribution is 0.190. The Morgan fingerprint density at radius 1 is 0.609 bits per heavy atom. The summed E-state index contributed by atoms with van der Waals surface area (Å²) in [6.07, 6.45) is 23.0. The zero-order valence-electron chi connectivity index (χ0n) is 17.4. The van der Waals surface area contributed by atoms with Crippen molar-refractivity contribution in [2.45, 2.75) is 137 Å². The summed E-state index contributed by atoms with van der Waals surface area (Å²) in [5, 5.41) is 0. The summed E-state index contributed by atoms with van der Waals surface area (Å²) in [7, 11) is 0. The van der Waals surface area contributed by atoms with Gasteiger partial charge in [0, 0.05) is 0 Å². The molecule has 0 aromatic rings. The summed E-state index contributed by atoms with van der Waals surface area (Å²) in [6, 6.07) is 0. The minimum Gasteiger partial charge on any atom is -0.0654 e. The van der Waals surface area contributed by atoms with Crippen molar-refractivity contribution in [2.24, 2.45) is 11.3 Å². The van der Waals surface area contributed by atoms with Crippen LogP contribution in [0.3, 0.4) is 0 Å². The molecule has 0 rings (SSSR count). The molecule has 1 atom stereocenters. The highest BCUT2D eigenvalue weighted by atomic mass is 14.3. The first-order chi connectivity index (χ1) is 11.1. The van der Waals surface area contributed by atoms with Gasteiger partial charge in [-0.2, -0.15) is 0 Å². The molecular weight excluding hydrogens is 276 g/mol. The third-order valence-electron chi connectivity index (χ3n) is 5.66. The third kappa shape index (κ3) is 14.1. The Kier molecular flexibility index (Phi) is 15.5. The van der Waals surface area contributed by atoms with Crippen molar-refractivity contribution >= 4 is 0 Å². The number of rotatable bonds is 17. The Morgan fingerprint density at radius 3 is 1.48 bits per heavy atom. The maximum absolute atomic E-state index is 2.60. The molecule has 1 unspecified atom stereocenters. The molecule has 0 fully saturated rings. The minimum atomic E-state index is 0.617. The highest BCUT2D eigenvalue weighted by Gasteiger charge is 2.25. The molecule has 0 aromatic carbocycles. The van der Waals surface area contributed by atoms with E-state index in [2.05, 4.69) is 34.6 Å². The van der Waals surface area contributed by atoms with E-state index in [9.17, 15) is 0 Å². The highest BCUT2D eigenvalue weighted by Crippen LogP contribution is 2.38. The van der Waals surface area contributed by atoms with Crippen LogP contribution in [0.4, 0.5) is 0 Å². The van der Waals surface area contributed by atoms with Crippen molar-refractivity contribution in [1.29, 1.82) is 0 Å². The van der Waals surface area contributed by atoms with E-state index < -0.39 is 0 Å². The van der Waals surface area contributed by atoms with Crippen LogP contribution >= 0.6 is 0 Å². The lowest BCUT2D eigenvalue weighted by Crippen LogP contribution is -2.20. The van der Waals surface area contributed by atoms with E-state index in [0.29, 0.717) is 5.41 Å². The van der Waals surface area contributed by atoms with E-state index in [4.69, 9.17) is 0 Å². The van der Waals surface area contributed by atoms with Gasteiger partial charge in [-0.25, -0.2) is 0 Å². The predicted octanol–water partition coefficient (Wildman–Crippen LogP) is 8.93. The van der Waals surface area contributed by atoms with Crippen LogP contribution in [0.15, 0.2) is 0 Å². The lowest BCUT2D eigenvalue weighted by Gasteiger charge is -2.33. The van der Waals surface area contributed by atoms with Crippen LogP contribution in [-0.2, 0) is 0 Å². The van der Waals surface area contributed by atoms with Crippen molar-refractivity contribution < 1.29 is 0 Å². The van der Waals surface area contributed by atoms with Crippen LogP contribution in [-0.4, -0.2) is 0 Å². The standard InChI is InChI=1S/C23H48/c1-6-9-12-15-18-22(4)21-23(5,19-16-13-10-7-2)20-17-14-11-8-3/h22H,6-21H2,1-5H3. The topological polar surface area (TPSA) is 0 Å². The number of hydrogen-bond donors (Lipinski definition) is 0. The number of hydrogen-bond acceptors (Lipinski definition) is 0. The van der Waals surface area contributed by atoms with Gasteiger partial charge >= 0.3 is 0 Å². The monoisotopic (exact) mass is 324 g/mol. The molecule has 0 aliphatic rings. The molecule has 0 saturated heterocycles. The molecule has 0 heterocycles. The van der Waals surface area contributed by atoms with Gasteiger partial charge in [0.05, 0.1) is 0 Å². The summed E-state index contributed by atoms with van der Waals surface area (Å²) in [4.78, 5) is 0. The van der Waals surface area contributed by atoms with E-state index >= 15 is 0 Å². The second kappa shape index (κ2) is 15.5. The first kappa shape index (κ1) is 23.0. The van der Waals surface area contributed by atoms with Gasteiger partial charge in [-0.15, -0.1) is 0 Å². The zero-order valence-corrected chi connectivity index (χ0v) is 17.4. The van der Waals surface area contributed by atoms with Crippen molar-refractivity contribution in [3.8, 4) is 0 Å². The Balaban J connectivity index is 4.20. The summed E-state index contributed by atoms with van der Waals surface area (Å²) in [5.41, 5.74) is 0.617. The zero-order chi connectivity index (χ0) is 17.4. The Morgan fingerprint density at radius 2 is 1.04 bits per heavy atom. The van der Waals surface area contributed by atoms with Gasteiger partial charge in [0.25, 0.3) is 0 Å². The van der Waals surface area contributed by atoms with Gasteiger partial charge in [-0.3, -0.25) is 0 Å². The van der Waals surface area contributed by atoms with Crippen LogP contribution in [0.1, 0.15) is 137 Å². The molecular formula is C23H48. The maximum atomic E-state index is 2.60. The molecule has 0 saturated carbocycles. The van der Waals surface area contributed by atoms with Crippen molar-refractivity contribution in [2.75, 3.05) is 0 Å². The van der Waals surface area contributed by atoms with Crippen molar-refractivity contribution in [3.63, 3.8) is 0 Å². The second-order valence-electron chi connectivity index (χ2n) is 8.59. The average Bonchev–Trinajstić information content (AvgIpc) is 2.53. The largest absolute Gasteiger partial charge is 0.0654 e. The molecule has 0 aliphatic carbocycles. The molecule has 0 N–H and O–H groups in total. The molecule has 0 spiro atoms. The summed E-state index contributed by atoms with van der Waals surface area (Å²) < 4.78 is 0. The number of unbranched alkanes of at least 4 members (excludes halogenated alkanes) is 9. The quantitative estimate of drug-likeness (QED) is 0.234. The molecule has 0 nitrogen and oxygen atoms in total. The van der Waals surface area contributed by atoms with Crippen LogP contribution < -0.4 is 0 Å². The lowest BCUT2D eigenvalue weighted by atomic mass is 9.73. The van der Waals surface area contributed by atoms with E-state index in [0.717, 1.165) is 5.92 Å². The first-order valence-corrected chi connectivity index (χ1v) is 11.1. The molecule has 0 bridgehead atoms. The molecule has 0 aromatic heterocycles. The molecule has 140 valence electrons. The third-order valence-corrected chi connectivity index (χ3v) is 5.66. The predicted molar refractivity (Wildman–Crippen MR) is 108 cm³/mol. The van der Waals surface area contributed by atoms with E-state index in [-0.39, 0.29) is 0 Å². The SMILES string of the molecule is CCCCCCC(C)CC(C)(CCCCCC)CCCCCC. The first-order valence-electron chi connectivity index (χ1n) is 11.1. The fourth-order valence-corrected chi connectivity index (χ4v) is 4.15. The molecule has 0 amide bonds. The van der Waals surface area contributed by atoms with Gasteiger partial charge in [0.2, 0.25) is 0 Å². The average molecular weight is 325 g/mol. The van der Waals surface area contributed by atoms with Crippen LogP contribution in [0, 0.1) is 11.3 Å². The fraction of sp³-hybridized carbons (Fsp3) is 1.00. The van der Waals surface area contributed by atoms with Crippen LogP contribution in [0.25, 0.3) is 0 Å². The highest BCUT2D eigenvalue weighted by molar-refractivity contribution is 4.77. The van der Waals surface area contributed by atoms with Crippen LogP contribution in [0.2, 0.25) is 0 Å². The summed E-state index contributed by atoms with van der Waals surface area (Å²) in [6.45, 7) is 12.1. The fourth-order valence-electron chi connectivity index (χ4n) is 4.15. The Bertz CT molecular complexity index is 218.